The van der Waals surface area contributed by atoms with Crippen LogP contribution in [0.25, 0.3) is 16.9 Å². The maximum Gasteiger partial charge on any atom is 0.179 e. The maximum absolute atomic E-state index is 4.12. The van der Waals surface area contributed by atoms with Gasteiger partial charge in [-0.3, -0.25) is 14.4 Å². The van der Waals surface area contributed by atoms with Crippen LogP contribution >= 0.6 is 0 Å². The number of pyridine rings is 1. The molecule has 15 heavy (non-hydrogen) atoms. The predicted octanol–water partition coefficient (Wildman–Crippen LogP) is 1.19. The van der Waals surface area contributed by atoms with Crippen LogP contribution in [0.1, 0.15) is 0 Å². The highest BCUT2D eigenvalue weighted by Gasteiger charge is 2.03. The number of fused-ring (bicyclic) bond motifs is 1. The van der Waals surface area contributed by atoms with Gasteiger partial charge in [-0.1, -0.05) is 0 Å². The second kappa shape index (κ2) is 3.13. The summed E-state index contributed by atoms with van der Waals surface area (Å²) in [5, 5.41) is 7.78. The second-order valence-corrected chi connectivity index (χ2v) is 3.09. The Balaban J connectivity index is 2.31. The van der Waals surface area contributed by atoms with Crippen molar-refractivity contribution in [2.75, 3.05) is 0 Å². The molecule has 0 unspecified atom stereocenters. The summed E-state index contributed by atoms with van der Waals surface area (Å²) < 4.78 is 1.89. The SMILES string of the molecule is c1cc(-c2cncc3nncn23)ccn1. The van der Waals surface area contributed by atoms with Gasteiger partial charge in [-0.15, -0.1) is 10.2 Å². The molecular formula is C10H7N5. The zero-order chi connectivity index (χ0) is 10.1. The minimum absolute atomic E-state index is 0.740. The molecule has 3 heterocycles. The van der Waals surface area contributed by atoms with Crippen LogP contribution in [0.5, 0.6) is 0 Å². The summed E-state index contributed by atoms with van der Waals surface area (Å²) in [4.78, 5) is 8.10. The number of rotatable bonds is 1. The van der Waals surface area contributed by atoms with Gasteiger partial charge in [0.2, 0.25) is 0 Å². The molecule has 0 fully saturated rings. The van der Waals surface area contributed by atoms with E-state index in [-0.39, 0.29) is 0 Å². The predicted molar refractivity (Wildman–Crippen MR) is 54.0 cm³/mol. The first-order valence-corrected chi connectivity index (χ1v) is 4.49. The molecule has 0 saturated heterocycles. The summed E-state index contributed by atoms with van der Waals surface area (Å²) in [6.07, 6.45) is 8.63. The van der Waals surface area contributed by atoms with E-state index in [1.54, 1.807) is 31.1 Å². The van der Waals surface area contributed by atoms with Crippen molar-refractivity contribution in [1.82, 2.24) is 24.6 Å². The van der Waals surface area contributed by atoms with E-state index in [0.29, 0.717) is 0 Å². The molecule has 0 radical (unpaired) electrons. The van der Waals surface area contributed by atoms with Crippen molar-refractivity contribution in [2.24, 2.45) is 0 Å². The third-order valence-electron chi connectivity index (χ3n) is 2.20. The molecule has 0 aromatic carbocycles. The maximum atomic E-state index is 4.12. The van der Waals surface area contributed by atoms with Gasteiger partial charge in [-0.05, 0) is 12.1 Å². The lowest BCUT2D eigenvalue weighted by atomic mass is 10.2. The van der Waals surface area contributed by atoms with E-state index in [2.05, 4.69) is 20.2 Å². The normalized spacial score (nSPS) is 10.7. The minimum Gasteiger partial charge on any atom is -0.279 e. The quantitative estimate of drug-likeness (QED) is 0.588. The van der Waals surface area contributed by atoms with Crippen molar-refractivity contribution in [2.45, 2.75) is 0 Å². The van der Waals surface area contributed by atoms with Crippen LogP contribution in [-0.4, -0.2) is 24.6 Å². The van der Waals surface area contributed by atoms with E-state index >= 15 is 0 Å². The summed E-state index contributed by atoms with van der Waals surface area (Å²) in [6.45, 7) is 0. The first kappa shape index (κ1) is 8.05. The van der Waals surface area contributed by atoms with Crippen LogP contribution in [0.3, 0.4) is 0 Å². The molecule has 0 atom stereocenters. The monoisotopic (exact) mass is 197 g/mol. The fourth-order valence-corrected chi connectivity index (χ4v) is 1.49. The molecule has 5 heteroatoms. The Hall–Kier alpha value is -2.30. The fraction of sp³-hybridized carbons (Fsp3) is 0. The molecule has 72 valence electrons. The first-order chi connectivity index (χ1) is 7.45. The molecule has 0 aliphatic heterocycles. The Morgan fingerprint density at radius 3 is 2.73 bits per heavy atom. The lowest BCUT2D eigenvalue weighted by molar-refractivity contribution is 1.10. The van der Waals surface area contributed by atoms with Gasteiger partial charge in [0.15, 0.2) is 5.65 Å². The lowest BCUT2D eigenvalue weighted by Gasteiger charge is -2.02. The van der Waals surface area contributed by atoms with Crippen LogP contribution in [-0.2, 0) is 0 Å². The van der Waals surface area contributed by atoms with Crippen molar-refractivity contribution in [3.05, 3.63) is 43.2 Å². The van der Waals surface area contributed by atoms with Gasteiger partial charge in [0, 0.05) is 18.0 Å². The molecule has 0 saturated carbocycles. The zero-order valence-corrected chi connectivity index (χ0v) is 7.78. The van der Waals surface area contributed by atoms with E-state index in [0.717, 1.165) is 16.9 Å². The smallest absolute Gasteiger partial charge is 0.179 e. The van der Waals surface area contributed by atoms with Gasteiger partial charge < -0.3 is 0 Å². The summed E-state index contributed by atoms with van der Waals surface area (Å²) in [5.74, 6) is 0. The second-order valence-electron chi connectivity index (χ2n) is 3.09. The van der Waals surface area contributed by atoms with Gasteiger partial charge in [-0.25, -0.2) is 0 Å². The average Bonchev–Trinajstić information content (AvgIpc) is 2.78. The molecule has 3 rings (SSSR count). The molecule has 0 spiro atoms. The summed E-state index contributed by atoms with van der Waals surface area (Å²) >= 11 is 0. The van der Waals surface area contributed by atoms with Crippen molar-refractivity contribution in [3.8, 4) is 11.3 Å². The Morgan fingerprint density at radius 2 is 1.87 bits per heavy atom. The van der Waals surface area contributed by atoms with Crippen LogP contribution < -0.4 is 0 Å². The van der Waals surface area contributed by atoms with Gasteiger partial charge in [-0.2, -0.15) is 0 Å². The molecule has 0 amide bonds. The lowest BCUT2D eigenvalue weighted by Crippen LogP contribution is -1.92. The molecule has 3 aromatic heterocycles. The molecule has 5 nitrogen and oxygen atoms in total. The highest BCUT2D eigenvalue weighted by Crippen LogP contribution is 2.17. The summed E-state index contributed by atoms with van der Waals surface area (Å²) in [6, 6.07) is 3.85. The molecule has 0 aliphatic carbocycles. The number of nitrogens with zero attached hydrogens (tertiary/aromatic N) is 5. The third kappa shape index (κ3) is 1.25. The summed E-state index contributed by atoms with van der Waals surface area (Å²) in [5.41, 5.74) is 2.74. The number of hydrogen-bond donors (Lipinski definition) is 0. The molecule has 0 aliphatic rings. The van der Waals surface area contributed by atoms with Crippen molar-refractivity contribution >= 4 is 5.65 Å². The Kier molecular flexibility index (Phi) is 1.68. The van der Waals surface area contributed by atoms with Crippen LogP contribution in [0, 0.1) is 0 Å². The standard InChI is InChI=1S/C10H7N5/c1-3-11-4-2-8(1)9-5-12-6-10-14-13-7-15(9)10/h1-7H. The number of hydrogen-bond acceptors (Lipinski definition) is 4. The zero-order valence-electron chi connectivity index (χ0n) is 7.78. The highest BCUT2D eigenvalue weighted by atomic mass is 15.2. The fourth-order valence-electron chi connectivity index (χ4n) is 1.49. The van der Waals surface area contributed by atoms with E-state index < -0.39 is 0 Å². The van der Waals surface area contributed by atoms with Crippen molar-refractivity contribution < 1.29 is 0 Å². The molecule has 0 N–H and O–H groups in total. The van der Waals surface area contributed by atoms with Crippen LogP contribution in [0.4, 0.5) is 0 Å². The van der Waals surface area contributed by atoms with Crippen molar-refractivity contribution in [3.63, 3.8) is 0 Å². The largest absolute Gasteiger partial charge is 0.279 e. The topological polar surface area (TPSA) is 56.0 Å². The number of aromatic nitrogens is 5. The van der Waals surface area contributed by atoms with Gasteiger partial charge in [0.05, 0.1) is 18.1 Å². The van der Waals surface area contributed by atoms with E-state index in [1.165, 1.54) is 0 Å². The third-order valence-corrected chi connectivity index (χ3v) is 2.20. The average molecular weight is 197 g/mol. The van der Waals surface area contributed by atoms with Crippen LogP contribution in [0.2, 0.25) is 0 Å². The molecule has 0 bridgehead atoms. The Morgan fingerprint density at radius 1 is 1.00 bits per heavy atom. The van der Waals surface area contributed by atoms with E-state index in [9.17, 15) is 0 Å². The van der Waals surface area contributed by atoms with Crippen LogP contribution in [0.15, 0.2) is 43.2 Å². The summed E-state index contributed by atoms with van der Waals surface area (Å²) in [7, 11) is 0. The van der Waals surface area contributed by atoms with Gasteiger partial charge in [0.1, 0.15) is 6.33 Å². The molecule has 3 aromatic rings. The molecular weight excluding hydrogens is 190 g/mol. The Bertz CT molecular complexity index is 587. The van der Waals surface area contributed by atoms with Gasteiger partial charge >= 0.3 is 0 Å². The highest BCUT2D eigenvalue weighted by molar-refractivity contribution is 5.60. The van der Waals surface area contributed by atoms with E-state index in [1.807, 2.05) is 16.5 Å². The minimum atomic E-state index is 0.740. The van der Waals surface area contributed by atoms with E-state index in [4.69, 9.17) is 0 Å². The van der Waals surface area contributed by atoms with Gasteiger partial charge in [0.25, 0.3) is 0 Å². The Labute approximate surface area is 85.5 Å². The van der Waals surface area contributed by atoms with Crippen molar-refractivity contribution in [1.29, 1.82) is 0 Å². The first-order valence-electron chi connectivity index (χ1n) is 4.49.